The molecule has 2 rings (SSSR count). The summed E-state index contributed by atoms with van der Waals surface area (Å²) in [5.74, 6) is 1.10. The van der Waals surface area contributed by atoms with Crippen molar-refractivity contribution in [2.75, 3.05) is 0 Å². The van der Waals surface area contributed by atoms with Crippen LogP contribution in [0, 0.1) is 17.2 Å². The Balaban J connectivity index is 0.000000312. The Morgan fingerprint density at radius 2 is 1.63 bits per heavy atom. The number of hydrogen-bond donors (Lipinski definition) is 0. The predicted molar refractivity (Wildman–Crippen MR) is 51.7 cm³/mol. The number of aryl methyl sites for hydroxylation is 1. The van der Waals surface area contributed by atoms with Gasteiger partial charge in [0.15, 0.2) is 0 Å². The number of rotatable bonds is 1. The van der Waals surface area contributed by atoms with Gasteiger partial charge in [-0.05, 0) is 19.1 Å². The number of hydrogen-bond acceptors (Lipinski definition) is 6. The second-order valence-corrected chi connectivity index (χ2v) is 4.18. The topological polar surface area (TPSA) is 137 Å². The number of aromatic amines is 1. The van der Waals surface area contributed by atoms with Crippen molar-refractivity contribution < 1.29 is 38.3 Å². The smallest absolute Gasteiger partial charge is 0.409 e. The SMILES string of the molecule is Cc1cc(=O)[nH+]c(-c2ccccc2)o1.[O-][Cl+3]([O-])([O-])[O-]. The van der Waals surface area contributed by atoms with Gasteiger partial charge in [0.25, 0.3) is 0 Å². The van der Waals surface area contributed by atoms with Crippen LogP contribution in [0.15, 0.2) is 45.6 Å². The molecule has 0 saturated carbocycles. The largest absolute Gasteiger partial charge is 0.416 e. The molecule has 0 saturated heterocycles. The highest BCUT2D eigenvalue weighted by Gasteiger charge is 2.09. The average Bonchev–Trinajstić information content (AvgIpc) is 2.26. The van der Waals surface area contributed by atoms with Crippen LogP contribution in [-0.2, 0) is 0 Å². The molecule has 2 aromatic rings. The zero-order valence-corrected chi connectivity index (χ0v) is 10.5. The van der Waals surface area contributed by atoms with Gasteiger partial charge in [0, 0.05) is 0 Å². The minimum absolute atomic E-state index is 0.146. The molecule has 0 aliphatic carbocycles. The lowest BCUT2D eigenvalue weighted by Gasteiger charge is -2.17. The summed E-state index contributed by atoms with van der Waals surface area (Å²) >= 11 is 0. The van der Waals surface area contributed by atoms with Crippen molar-refractivity contribution in [2.45, 2.75) is 6.92 Å². The lowest BCUT2D eigenvalue weighted by atomic mass is 10.2. The Labute approximate surface area is 110 Å². The van der Waals surface area contributed by atoms with E-state index in [0.717, 1.165) is 5.56 Å². The molecule has 1 heterocycles. The minimum atomic E-state index is -4.94. The van der Waals surface area contributed by atoms with Crippen LogP contribution in [0.3, 0.4) is 0 Å². The van der Waals surface area contributed by atoms with Crippen molar-refractivity contribution in [1.82, 2.24) is 0 Å². The van der Waals surface area contributed by atoms with Gasteiger partial charge in [-0.15, -0.1) is 15.2 Å². The van der Waals surface area contributed by atoms with Crippen LogP contribution in [0.4, 0.5) is 0 Å². The molecule has 0 aliphatic heterocycles. The van der Waals surface area contributed by atoms with E-state index in [0.29, 0.717) is 11.7 Å². The van der Waals surface area contributed by atoms with E-state index in [9.17, 15) is 4.79 Å². The molecule has 0 radical (unpaired) electrons. The standard InChI is InChI=1S/C11H9NO2.ClHO4/c1-8-7-10(13)12-11(14-8)9-5-3-2-4-6-9;2-1(3,4)5/h2-7H,1H3;(H,2,3,4,5). The van der Waals surface area contributed by atoms with Gasteiger partial charge in [-0.1, -0.05) is 18.2 Å². The first-order chi connectivity index (χ1) is 8.75. The van der Waals surface area contributed by atoms with Crippen LogP contribution >= 0.6 is 0 Å². The van der Waals surface area contributed by atoms with Gasteiger partial charge in [-0.25, -0.2) is 23.4 Å². The average molecular weight is 288 g/mol. The summed E-state index contributed by atoms with van der Waals surface area (Å²) in [6, 6.07) is 10.9. The normalized spacial score (nSPS) is 10.6. The number of halogens is 1. The van der Waals surface area contributed by atoms with Gasteiger partial charge in [0.2, 0.25) is 0 Å². The molecule has 0 amide bonds. The number of nitrogens with one attached hydrogen (secondary N) is 1. The monoisotopic (exact) mass is 287 g/mol. The van der Waals surface area contributed by atoms with E-state index in [-0.39, 0.29) is 5.56 Å². The maximum absolute atomic E-state index is 11.2. The van der Waals surface area contributed by atoms with Gasteiger partial charge < -0.3 is 4.42 Å². The fourth-order valence-corrected chi connectivity index (χ4v) is 1.27. The molecule has 0 bridgehead atoms. The third-order valence-electron chi connectivity index (χ3n) is 1.87. The molecule has 1 aromatic carbocycles. The lowest BCUT2D eigenvalue weighted by molar-refractivity contribution is -2.00. The van der Waals surface area contributed by atoms with Crippen LogP contribution in [0.1, 0.15) is 5.76 Å². The molecule has 0 spiro atoms. The number of benzene rings is 1. The molecule has 0 atom stereocenters. The number of aromatic nitrogens is 1. The van der Waals surface area contributed by atoms with Crippen LogP contribution in [0.5, 0.6) is 0 Å². The third kappa shape index (κ3) is 6.65. The first-order valence-electron chi connectivity index (χ1n) is 4.97. The van der Waals surface area contributed by atoms with E-state index in [1.54, 1.807) is 6.92 Å². The second-order valence-electron chi connectivity index (χ2n) is 3.42. The van der Waals surface area contributed by atoms with Crippen LogP contribution in [0.25, 0.3) is 11.5 Å². The van der Waals surface area contributed by atoms with E-state index < -0.39 is 10.2 Å². The Kier molecular flexibility index (Phi) is 5.16. The molecule has 8 heteroatoms. The van der Waals surface area contributed by atoms with Gasteiger partial charge >= 0.3 is 11.4 Å². The highest BCUT2D eigenvalue weighted by atomic mass is 35.7. The molecule has 19 heavy (non-hydrogen) atoms. The number of H-pyrrole nitrogens is 1. The Hall–Kier alpha value is -1.77. The van der Waals surface area contributed by atoms with Gasteiger partial charge in [0.1, 0.15) is 5.76 Å². The van der Waals surface area contributed by atoms with E-state index >= 15 is 0 Å². The van der Waals surface area contributed by atoms with Crippen molar-refractivity contribution in [1.29, 1.82) is 0 Å². The fraction of sp³-hybridized carbons (Fsp3) is 0.0909. The van der Waals surface area contributed by atoms with Crippen molar-refractivity contribution in [3.63, 3.8) is 0 Å². The summed E-state index contributed by atoms with van der Waals surface area (Å²) in [5, 5.41) is 0. The zero-order valence-electron chi connectivity index (χ0n) is 9.79. The highest BCUT2D eigenvalue weighted by molar-refractivity contribution is 5.49. The summed E-state index contributed by atoms with van der Waals surface area (Å²) in [5.41, 5.74) is 0.723. The van der Waals surface area contributed by atoms with E-state index in [2.05, 4.69) is 4.98 Å². The summed E-state index contributed by atoms with van der Waals surface area (Å²) in [4.78, 5) is 13.8. The maximum Gasteiger partial charge on any atom is 0.416 e. The summed E-state index contributed by atoms with van der Waals surface area (Å²) in [6.45, 7) is 1.75. The molecule has 1 N–H and O–H groups in total. The summed E-state index contributed by atoms with van der Waals surface area (Å²) in [7, 11) is -4.94. The molecule has 0 unspecified atom stereocenters. The van der Waals surface area contributed by atoms with Crippen LogP contribution in [0.2, 0.25) is 0 Å². The minimum Gasteiger partial charge on any atom is -0.409 e. The van der Waals surface area contributed by atoms with Crippen LogP contribution < -0.4 is 29.2 Å². The molecule has 0 aliphatic rings. The summed E-state index contributed by atoms with van der Waals surface area (Å²) < 4.78 is 39.4. The van der Waals surface area contributed by atoms with Gasteiger partial charge in [-0.2, -0.15) is 0 Å². The van der Waals surface area contributed by atoms with Crippen molar-refractivity contribution in [3.8, 4) is 11.5 Å². The highest BCUT2D eigenvalue weighted by Crippen LogP contribution is 2.12. The molecule has 1 aromatic heterocycles. The maximum atomic E-state index is 11.2. The van der Waals surface area contributed by atoms with Gasteiger partial charge in [-0.3, -0.25) is 0 Å². The van der Waals surface area contributed by atoms with E-state index in [1.165, 1.54) is 6.07 Å². The summed E-state index contributed by atoms with van der Waals surface area (Å²) in [6.07, 6.45) is 0. The molecule has 0 fully saturated rings. The van der Waals surface area contributed by atoms with E-state index in [1.807, 2.05) is 30.3 Å². The molecular weight excluding hydrogens is 278 g/mol. The first kappa shape index (κ1) is 15.3. The van der Waals surface area contributed by atoms with E-state index in [4.69, 9.17) is 23.1 Å². The van der Waals surface area contributed by atoms with Crippen molar-refractivity contribution in [2.24, 2.45) is 0 Å². The Morgan fingerprint density at radius 1 is 1.11 bits per heavy atom. The predicted octanol–water partition coefficient (Wildman–Crippen LogP) is -3.33. The fourth-order valence-electron chi connectivity index (χ4n) is 1.27. The zero-order chi connectivity index (χ0) is 14.5. The van der Waals surface area contributed by atoms with Crippen molar-refractivity contribution >= 4 is 0 Å². The quantitative estimate of drug-likeness (QED) is 0.538. The Morgan fingerprint density at radius 3 is 2.11 bits per heavy atom. The van der Waals surface area contributed by atoms with Crippen LogP contribution in [-0.4, -0.2) is 0 Å². The molecular formula is C11H10ClNO6. The van der Waals surface area contributed by atoms with Crippen molar-refractivity contribution in [3.05, 3.63) is 52.5 Å². The molecule has 7 nitrogen and oxygen atoms in total. The lowest BCUT2D eigenvalue weighted by Crippen LogP contribution is -2.68. The Bertz CT molecular complexity index is 572. The second kappa shape index (κ2) is 6.41. The molecule has 102 valence electrons. The van der Waals surface area contributed by atoms with Gasteiger partial charge in [0.05, 0.1) is 11.6 Å². The first-order valence-corrected chi connectivity index (χ1v) is 6.20. The third-order valence-corrected chi connectivity index (χ3v) is 1.87.